The number of fused-ring (bicyclic) bond motifs is 3. The maximum absolute atomic E-state index is 12.7. The molecule has 9 heteroatoms. The lowest BCUT2D eigenvalue weighted by Gasteiger charge is -2.34. The standard InChI is InChI=1S/C33H38BN3O5/c1-21(30(39)37-23-16-14-22(15-17-23)34-20-32(2,3)33(4,5)42-34)36-29(38)18-35-31(40)41-19-28-26-12-8-6-10-24(26)25-11-7-9-13-27(25)28/h6-17,21,28H,18-20H2,1-5H3,(H,35,40)(H,36,38)(H,37,39). The molecule has 5 rings (SSSR count). The average Bonchev–Trinajstić information content (AvgIpc) is 3.39. The van der Waals surface area contributed by atoms with E-state index in [0.717, 1.165) is 34.0 Å². The van der Waals surface area contributed by atoms with Gasteiger partial charge in [-0.25, -0.2) is 4.79 Å². The SMILES string of the molecule is CC(NC(=O)CNC(=O)OCC1c2ccccc2-c2ccccc21)C(=O)Nc1ccc(B2CC(C)(C)C(C)(C)O2)cc1. The molecule has 42 heavy (non-hydrogen) atoms. The summed E-state index contributed by atoms with van der Waals surface area (Å²) >= 11 is 0. The van der Waals surface area contributed by atoms with Crippen molar-refractivity contribution in [2.45, 2.75) is 58.5 Å². The van der Waals surface area contributed by atoms with E-state index in [1.807, 2.05) is 60.7 Å². The van der Waals surface area contributed by atoms with Crippen LogP contribution in [0.2, 0.25) is 6.32 Å². The fraction of sp³-hybridized carbons (Fsp3) is 0.364. The Kier molecular flexibility index (Phi) is 8.15. The Morgan fingerprint density at radius 2 is 1.52 bits per heavy atom. The quantitative estimate of drug-likeness (QED) is 0.342. The molecule has 2 aliphatic rings. The number of amides is 3. The van der Waals surface area contributed by atoms with Gasteiger partial charge in [0.25, 0.3) is 0 Å². The number of anilines is 1. The lowest BCUT2D eigenvalue weighted by molar-refractivity contribution is -0.125. The van der Waals surface area contributed by atoms with Crippen LogP contribution in [-0.2, 0) is 19.0 Å². The van der Waals surface area contributed by atoms with Crippen molar-refractivity contribution in [3.05, 3.63) is 83.9 Å². The molecule has 0 spiro atoms. The van der Waals surface area contributed by atoms with Gasteiger partial charge in [0.2, 0.25) is 11.8 Å². The lowest BCUT2D eigenvalue weighted by atomic mass is 9.54. The van der Waals surface area contributed by atoms with E-state index in [9.17, 15) is 14.4 Å². The van der Waals surface area contributed by atoms with Gasteiger partial charge in [0.1, 0.15) is 19.2 Å². The second-order valence-electron chi connectivity index (χ2n) is 12.3. The van der Waals surface area contributed by atoms with Crippen molar-refractivity contribution in [1.82, 2.24) is 10.6 Å². The van der Waals surface area contributed by atoms with E-state index < -0.39 is 18.0 Å². The highest BCUT2D eigenvalue weighted by Crippen LogP contribution is 2.45. The van der Waals surface area contributed by atoms with E-state index >= 15 is 0 Å². The third kappa shape index (κ3) is 6.06. The number of ether oxygens (including phenoxy) is 1. The van der Waals surface area contributed by atoms with Crippen LogP contribution in [0.1, 0.15) is 51.7 Å². The first kappa shape index (κ1) is 29.4. The van der Waals surface area contributed by atoms with Crippen molar-refractivity contribution in [2.24, 2.45) is 5.41 Å². The van der Waals surface area contributed by atoms with Crippen LogP contribution >= 0.6 is 0 Å². The summed E-state index contributed by atoms with van der Waals surface area (Å²) < 4.78 is 11.8. The molecule has 0 saturated carbocycles. The van der Waals surface area contributed by atoms with Crippen molar-refractivity contribution >= 4 is 36.0 Å². The van der Waals surface area contributed by atoms with Gasteiger partial charge in [0.05, 0.1) is 5.60 Å². The molecule has 1 saturated heterocycles. The molecule has 1 atom stereocenters. The Hall–Kier alpha value is -4.11. The molecule has 3 aromatic rings. The third-order valence-electron chi connectivity index (χ3n) is 8.82. The van der Waals surface area contributed by atoms with Crippen LogP contribution in [0.5, 0.6) is 0 Å². The summed E-state index contributed by atoms with van der Waals surface area (Å²) in [5, 5.41) is 7.91. The van der Waals surface area contributed by atoms with E-state index in [4.69, 9.17) is 9.39 Å². The molecule has 1 fully saturated rings. The zero-order valence-corrected chi connectivity index (χ0v) is 24.8. The molecule has 0 bridgehead atoms. The monoisotopic (exact) mass is 567 g/mol. The molecule has 8 nitrogen and oxygen atoms in total. The number of carbonyl (C=O) groups is 3. The van der Waals surface area contributed by atoms with Crippen molar-refractivity contribution in [2.75, 3.05) is 18.5 Å². The Labute approximate surface area is 247 Å². The molecule has 3 aromatic carbocycles. The zero-order chi connectivity index (χ0) is 30.1. The van der Waals surface area contributed by atoms with E-state index in [1.54, 1.807) is 6.92 Å². The fourth-order valence-corrected chi connectivity index (χ4v) is 5.64. The number of hydrogen-bond acceptors (Lipinski definition) is 5. The van der Waals surface area contributed by atoms with Crippen LogP contribution in [0, 0.1) is 5.41 Å². The summed E-state index contributed by atoms with van der Waals surface area (Å²) in [7, 11) is 0. The minimum Gasteiger partial charge on any atom is -0.449 e. The molecule has 1 aliphatic heterocycles. The molecular weight excluding hydrogens is 529 g/mol. The maximum Gasteiger partial charge on any atom is 0.407 e. The predicted octanol–water partition coefficient (Wildman–Crippen LogP) is 4.70. The zero-order valence-electron chi connectivity index (χ0n) is 24.8. The molecule has 1 unspecified atom stereocenters. The summed E-state index contributed by atoms with van der Waals surface area (Å²) in [6.07, 6.45) is 0.223. The van der Waals surface area contributed by atoms with Gasteiger partial charge in [0, 0.05) is 11.6 Å². The van der Waals surface area contributed by atoms with Gasteiger partial charge in [-0.05, 0) is 72.4 Å². The van der Waals surface area contributed by atoms with Crippen molar-refractivity contribution in [3.8, 4) is 11.1 Å². The topological polar surface area (TPSA) is 106 Å². The predicted molar refractivity (Wildman–Crippen MR) is 165 cm³/mol. The fourth-order valence-electron chi connectivity index (χ4n) is 5.64. The summed E-state index contributed by atoms with van der Waals surface area (Å²) in [5.41, 5.74) is 6.01. The normalized spacial score (nSPS) is 17.1. The number of rotatable bonds is 8. The number of benzene rings is 3. The molecule has 3 N–H and O–H groups in total. The number of alkyl carbamates (subject to hydrolysis) is 1. The number of nitrogens with one attached hydrogen (secondary N) is 3. The van der Waals surface area contributed by atoms with Gasteiger partial charge in [0.15, 0.2) is 0 Å². The Morgan fingerprint density at radius 3 is 2.10 bits per heavy atom. The van der Waals surface area contributed by atoms with Crippen molar-refractivity contribution < 1.29 is 23.8 Å². The number of hydrogen-bond donors (Lipinski definition) is 3. The Balaban J connectivity index is 1.06. The smallest absolute Gasteiger partial charge is 0.407 e. The summed E-state index contributed by atoms with van der Waals surface area (Å²) in [4.78, 5) is 37.5. The highest BCUT2D eigenvalue weighted by molar-refractivity contribution is 6.68. The minimum atomic E-state index is -0.804. The average molecular weight is 567 g/mol. The Bertz CT molecular complexity index is 1430. The van der Waals surface area contributed by atoms with Gasteiger partial charge >= 0.3 is 13.0 Å². The third-order valence-corrected chi connectivity index (χ3v) is 8.82. The van der Waals surface area contributed by atoms with Gasteiger partial charge in [-0.15, -0.1) is 0 Å². The molecule has 0 radical (unpaired) electrons. The van der Waals surface area contributed by atoms with E-state index in [-0.39, 0.29) is 42.9 Å². The number of carbonyl (C=O) groups excluding carboxylic acids is 3. The first-order valence-electron chi connectivity index (χ1n) is 14.4. The first-order valence-corrected chi connectivity index (χ1v) is 14.4. The molecule has 0 aromatic heterocycles. The van der Waals surface area contributed by atoms with Gasteiger partial charge in [-0.2, -0.15) is 0 Å². The lowest BCUT2D eigenvalue weighted by Crippen LogP contribution is -2.46. The van der Waals surface area contributed by atoms with E-state index in [2.05, 4.69) is 55.8 Å². The van der Waals surface area contributed by atoms with Gasteiger partial charge in [-0.1, -0.05) is 74.5 Å². The van der Waals surface area contributed by atoms with Crippen molar-refractivity contribution in [1.29, 1.82) is 0 Å². The first-order chi connectivity index (χ1) is 19.9. The maximum atomic E-state index is 12.7. The van der Waals surface area contributed by atoms with Crippen LogP contribution < -0.4 is 21.4 Å². The van der Waals surface area contributed by atoms with Crippen LogP contribution in [0.4, 0.5) is 10.5 Å². The Morgan fingerprint density at radius 1 is 0.929 bits per heavy atom. The van der Waals surface area contributed by atoms with Gasteiger partial charge in [-0.3, -0.25) is 9.59 Å². The molecule has 218 valence electrons. The summed E-state index contributed by atoms with van der Waals surface area (Å²) in [5.74, 6) is -0.930. The summed E-state index contributed by atoms with van der Waals surface area (Å²) in [6.45, 7) is 10.1. The van der Waals surface area contributed by atoms with Crippen molar-refractivity contribution in [3.63, 3.8) is 0 Å². The van der Waals surface area contributed by atoms with E-state index in [1.165, 1.54) is 0 Å². The highest BCUT2D eigenvalue weighted by atomic mass is 16.5. The highest BCUT2D eigenvalue weighted by Gasteiger charge is 2.49. The second-order valence-corrected chi connectivity index (χ2v) is 12.3. The van der Waals surface area contributed by atoms with Crippen LogP contribution in [0.15, 0.2) is 72.8 Å². The largest absolute Gasteiger partial charge is 0.449 e. The molecular formula is C33H38BN3O5. The van der Waals surface area contributed by atoms with Crippen LogP contribution in [0.25, 0.3) is 11.1 Å². The molecule has 1 heterocycles. The van der Waals surface area contributed by atoms with Crippen LogP contribution in [0.3, 0.4) is 0 Å². The molecule has 3 amide bonds. The van der Waals surface area contributed by atoms with Gasteiger partial charge < -0.3 is 25.3 Å². The van der Waals surface area contributed by atoms with Crippen LogP contribution in [-0.4, -0.2) is 49.6 Å². The second kappa shape index (κ2) is 11.6. The minimum absolute atomic E-state index is 0.00179. The summed E-state index contributed by atoms with van der Waals surface area (Å²) in [6, 6.07) is 22.9. The van der Waals surface area contributed by atoms with E-state index in [0.29, 0.717) is 5.69 Å². The molecule has 1 aliphatic carbocycles.